The van der Waals surface area contributed by atoms with Gasteiger partial charge in [-0.15, -0.1) is 0 Å². The van der Waals surface area contributed by atoms with E-state index in [4.69, 9.17) is 5.73 Å². The van der Waals surface area contributed by atoms with E-state index in [0.717, 1.165) is 13.0 Å². The van der Waals surface area contributed by atoms with Crippen LogP contribution in [0, 0.1) is 0 Å². The summed E-state index contributed by atoms with van der Waals surface area (Å²) in [5, 5.41) is 6.76. The highest BCUT2D eigenvalue weighted by Gasteiger charge is 2.02. The van der Waals surface area contributed by atoms with E-state index in [1.165, 1.54) is 4.68 Å². The van der Waals surface area contributed by atoms with Crippen molar-refractivity contribution in [3.8, 4) is 0 Å². The maximum atomic E-state index is 11.4. The number of carbonyl (C=O) groups is 1. The molecule has 0 spiro atoms. The maximum absolute atomic E-state index is 11.4. The van der Waals surface area contributed by atoms with Gasteiger partial charge in [0.1, 0.15) is 12.4 Å². The molecule has 0 aliphatic heterocycles. The maximum Gasteiger partial charge on any atom is 0.241 e. The van der Waals surface area contributed by atoms with Crippen molar-refractivity contribution in [3.63, 3.8) is 0 Å². The van der Waals surface area contributed by atoms with Crippen LogP contribution in [-0.4, -0.2) is 47.8 Å². The molecule has 0 bridgehead atoms. The Kier molecular flexibility index (Phi) is 4.78. The molecule has 0 atom stereocenters. The van der Waals surface area contributed by atoms with Crippen LogP contribution in [0.5, 0.6) is 0 Å². The second-order valence-electron chi connectivity index (χ2n) is 3.94. The predicted molar refractivity (Wildman–Crippen MR) is 62.8 cm³/mol. The Morgan fingerprint density at radius 3 is 2.94 bits per heavy atom. The zero-order valence-electron chi connectivity index (χ0n) is 9.81. The van der Waals surface area contributed by atoms with E-state index in [-0.39, 0.29) is 12.5 Å². The second kappa shape index (κ2) is 6.12. The van der Waals surface area contributed by atoms with E-state index in [1.54, 1.807) is 12.3 Å². The van der Waals surface area contributed by atoms with Crippen molar-refractivity contribution in [2.45, 2.75) is 13.0 Å². The van der Waals surface area contributed by atoms with E-state index >= 15 is 0 Å². The molecule has 1 rings (SSSR count). The van der Waals surface area contributed by atoms with Gasteiger partial charge < -0.3 is 16.0 Å². The zero-order valence-corrected chi connectivity index (χ0v) is 9.81. The minimum absolute atomic E-state index is 0.0399. The van der Waals surface area contributed by atoms with Gasteiger partial charge >= 0.3 is 0 Å². The molecule has 0 saturated carbocycles. The van der Waals surface area contributed by atoms with E-state index in [1.807, 2.05) is 14.1 Å². The molecule has 1 aromatic heterocycles. The molecule has 0 unspecified atom stereocenters. The lowest BCUT2D eigenvalue weighted by atomic mass is 10.4. The summed E-state index contributed by atoms with van der Waals surface area (Å²) in [6, 6.07) is 1.67. The summed E-state index contributed by atoms with van der Waals surface area (Å²) in [5.74, 6) is 0.391. The highest BCUT2D eigenvalue weighted by atomic mass is 16.2. The molecule has 1 aromatic rings. The third kappa shape index (κ3) is 4.79. The number of nitrogens with one attached hydrogen (secondary N) is 1. The Labute approximate surface area is 95.4 Å². The Bertz CT molecular complexity index is 334. The van der Waals surface area contributed by atoms with Gasteiger partial charge in [0.25, 0.3) is 0 Å². The summed E-state index contributed by atoms with van der Waals surface area (Å²) in [4.78, 5) is 13.5. The first-order valence-corrected chi connectivity index (χ1v) is 5.28. The van der Waals surface area contributed by atoms with Crippen LogP contribution in [0.3, 0.4) is 0 Å². The quantitative estimate of drug-likeness (QED) is 0.642. The number of nitrogens with zero attached hydrogens (tertiary/aromatic N) is 3. The first-order valence-electron chi connectivity index (χ1n) is 5.28. The molecule has 1 heterocycles. The topological polar surface area (TPSA) is 76.2 Å². The molecular formula is C10H19N5O. The minimum atomic E-state index is -0.0399. The molecule has 0 aliphatic rings. The lowest BCUT2D eigenvalue weighted by Gasteiger charge is -2.09. The van der Waals surface area contributed by atoms with Gasteiger partial charge in [0.15, 0.2) is 0 Å². The van der Waals surface area contributed by atoms with E-state index in [2.05, 4.69) is 15.3 Å². The molecular weight excluding hydrogens is 206 g/mol. The Balaban J connectivity index is 2.16. The van der Waals surface area contributed by atoms with Crippen molar-refractivity contribution in [2.24, 2.45) is 0 Å². The van der Waals surface area contributed by atoms with Crippen LogP contribution in [0.1, 0.15) is 6.42 Å². The number of amides is 1. The van der Waals surface area contributed by atoms with Gasteiger partial charge in [-0.05, 0) is 33.1 Å². The molecule has 1 amide bonds. The van der Waals surface area contributed by atoms with Crippen molar-refractivity contribution in [3.05, 3.63) is 12.3 Å². The molecule has 6 heteroatoms. The van der Waals surface area contributed by atoms with Crippen molar-refractivity contribution in [1.29, 1.82) is 0 Å². The molecule has 16 heavy (non-hydrogen) atoms. The van der Waals surface area contributed by atoms with Crippen LogP contribution < -0.4 is 11.1 Å². The third-order valence-corrected chi connectivity index (χ3v) is 2.07. The number of nitrogens with two attached hydrogens (primary N) is 1. The van der Waals surface area contributed by atoms with Crippen LogP contribution in [0.15, 0.2) is 12.3 Å². The van der Waals surface area contributed by atoms with E-state index < -0.39 is 0 Å². The van der Waals surface area contributed by atoms with Crippen molar-refractivity contribution in [2.75, 3.05) is 32.9 Å². The average molecular weight is 225 g/mol. The largest absolute Gasteiger partial charge is 0.382 e. The number of carbonyl (C=O) groups excluding carboxylic acids is 1. The number of aromatic nitrogens is 2. The fourth-order valence-electron chi connectivity index (χ4n) is 1.29. The number of anilines is 1. The highest BCUT2D eigenvalue weighted by Crippen LogP contribution is 1.94. The number of nitrogen functional groups attached to an aromatic ring is 1. The van der Waals surface area contributed by atoms with Crippen molar-refractivity contribution >= 4 is 11.7 Å². The lowest BCUT2D eigenvalue weighted by molar-refractivity contribution is -0.121. The SMILES string of the molecule is CN(C)CCCNC(=O)Cn1ccc(N)n1. The van der Waals surface area contributed by atoms with Gasteiger partial charge in [-0.25, -0.2) is 0 Å². The van der Waals surface area contributed by atoms with Crippen LogP contribution in [-0.2, 0) is 11.3 Å². The minimum Gasteiger partial charge on any atom is -0.382 e. The van der Waals surface area contributed by atoms with E-state index in [9.17, 15) is 4.79 Å². The fraction of sp³-hybridized carbons (Fsp3) is 0.600. The second-order valence-corrected chi connectivity index (χ2v) is 3.94. The van der Waals surface area contributed by atoms with Crippen molar-refractivity contribution < 1.29 is 4.79 Å². The summed E-state index contributed by atoms with van der Waals surface area (Å²) in [6.45, 7) is 1.88. The predicted octanol–water partition coefficient (Wildman–Crippen LogP) is -0.467. The summed E-state index contributed by atoms with van der Waals surface area (Å²) in [5.41, 5.74) is 5.44. The van der Waals surface area contributed by atoms with Gasteiger partial charge in [-0.2, -0.15) is 5.10 Å². The molecule has 6 nitrogen and oxygen atoms in total. The van der Waals surface area contributed by atoms with Gasteiger partial charge in [-0.3, -0.25) is 9.48 Å². The molecule has 0 aromatic carbocycles. The van der Waals surface area contributed by atoms with Gasteiger partial charge in [0, 0.05) is 12.7 Å². The summed E-state index contributed by atoms with van der Waals surface area (Å²) < 4.78 is 1.52. The van der Waals surface area contributed by atoms with E-state index in [0.29, 0.717) is 12.4 Å². The number of hydrogen-bond acceptors (Lipinski definition) is 4. The van der Waals surface area contributed by atoms with Crippen LogP contribution in [0.25, 0.3) is 0 Å². The smallest absolute Gasteiger partial charge is 0.241 e. The first kappa shape index (κ1) is 12.5. The Morgan fingerprint density at radius 1 is 1.62 bits per heavy atom. The number of rotatable bonds is 6. The molecule has 0 fully saturated rings. The van der Waals surface area contributed by atoms with Crippen molar-refractivity contribution in [1.82, 2.24) is 20.0 Å². The van der Waals surface area contributed by atoms with Crippen LogP contribution in [0.2, 0.25) is 0 Å². The Morgan fingerprint density at radius 2 is 2.38 bits per heavy atom. The van der Waals surface area contributed by atoms with Crippen LogP contribution in [0.4, 0.5) is 5.82 Å². The fourth-order valence-corrected chi connectivity index (χ4v) is 1.29. The molecule has 3 N–H and O–H groups in total. The zero-order chi connectivity index (χ0) is 12.0. The first-order chi connectivity index (χ1) is 7.58. The Hall–Kier alpha value is -1.56. The van der Waals surface area contributed by atoms with Crippen LogP contribution >= 0.6 is 0 Å². The van der Waals surface area contributed by atoms with Gasteiger partial charge in [-0.1, -0.05) is 0 Å². The van der Waals surface area contributed by atoms with Gasteiger partial charge in [0.2, 0.25) is 5.91 Å². The third-order valence-electron chi connectivity index (χ3n) is 2.07. The normalized spacial score (nSPS) is 10.7. The summed E-state index contributed by atoms with van der Waals surface area (Å²) in [7, 11) is 4.02. The standard InChI is InChI=1S/C10H19N5O/c1-14(2)6-3-5-12-10(16)8-15-7-4-9(11)13-15/h4,7H,3,5-6,8H2,1-2H3,(H2,11,13)(H,12,16). The lowest BCUT2D eigenvalue weighted by Crippen LogP contribution is -2.30. The van der Waals surface area contributed by atoms with Gasteiger partial charge in [0.05, 0.1) is 0 Å². The average Bonchev–Trinajstić information content (AvgIpc) is 2.58. The monoisotopic (exact) mass is 225 g/mol. The summed E-state index contributed by atoms with van der Waals surface area (Å²) in [6.07, 6.45) is 2.63. The molecule has 0 saturated heterocycles. The summed E-state index contributed by atoms with van der Waals surface area (Å²) >= 11 is 0. The molecule has 90 valence electrons. The highest BCUT2D eigenvalue weighted by molar-refractivity contribution is 5.75. The molecule has 0 aliphatic carbocycles. The molecule has 0 radical (unpaired) electrons. The number of hydrogen-bond donors (Lipinski definition) is 2.